The van der Waals surface area contributed by atoms with Gasteiger partial charge in [0.2, 0.25) is 5.16 Å². The lowest BCUT2D eigenvalue weighted by atomic mass is 10.2. The third-order valence-corrected chi connectivity index (χ3v) is 5.33. The molecule has 2 N–H and O–H groups in total. The van der Waals surface area contributed by atoms with E-state index in [0.29, 0.717) is 26.8 Å². The van der Waals surface area contributed by atoms with Gasteiger partial charge in [0.05, 0.1) is 11.1 Å². The normalized spacial score (nSPS) is 11.3. The maximum absolute atomic E-state index is 11.0. The summed E-state index contributed by atoms with van der Waals surface area (Å²) in [4.78, 5) is 10.2. The number of rotatable bonds is 6. The van der Waals surface area contributed by atoms with Crippen LogP contribution in [0.4, 0.5) is 5.69 Å². The van der Waals surface area contributed by atoms with Gasteiger partial charge in [0.25, 0.3) is 0 Å². The number of aryl methyl sites for hydroxylation is 1. The highest BCUT2D eigenvalue weighted by Crippen LogP contribution is 2.32. The molecule has 0 aliphatic rings. The van der Waals surface area contributed by atoms with E-state index in [9.17, 15) is 20.3 Å². The van der Waals surface area contributed by atoms with Crippen molar-refractivity contribution in [2.75, 3.05) is 0 Å². The molecule has 0 fully saturated rings. The zero-order valence-corrected chi connectivity index (χ0v) is 17.1. The Morgan fingerprint density at radius 2 is 2.00 bits per heavy atom. The molecular weight excluding hydrogens is 441 g/mol. The van der Waals surface area contributed by atoms with Gasteiger partial charge in [-0.1, -0.05) is 41.0 Å². The third-order valence-electron chi connectivity index (χ3n) is 3.77. The lowest BCUT2D eigenvalue weighted by Gasteiger charge is -2.05. The third kappa shape index (κ3) is 4.78. The topological polar surface area (TPSA) is 127 Å². The Hall–Kier alpha value is -2.82. The van der Waals surface area contributed by atoms with Crippen molar-refractivity contribution in [1.82, 2.24) is 14.9 Å². The number of nitro groups is 1. The second-order valence-corrected chi connectivity index (χ2v) is 7.55. The molecule has 0 amide bonds. The van der Waals surface area contributed by atoms with Crippen LogP contribution in [0.3, 0.4) is 0 Å². The van der Waals surface area contributed by atoms with Crippen LogP contribution in [0.25, 0.3) is 0 Å². The first-order chi connectivity index (χ1) is 13.8. The number of aromatic hydroxyl groups is 2. The predicted molar refractivity (Wildman–Crippen MR) is 110 cm³/mol. The molecule has 1 aromatic heterocycles. The molecule has 0 radical (unpaired) electrons. The number of hydrogen-bond acceptors (Lipinski definition) is 8. The van der Waals surface area contributed by atoms with Gasteiger partial charge in [0, 0.05) is 33.5 Å². The minimum absolute atomic E-state index is 0.0549. The number of nitro benzene ring substituents is 1. The Morgan fingerprint density at radius 3 is 2.69 bits per heavy atom. The van der Waals surface area contributed by atoms with Crippen molar-refractivity contribution >= 4 is 46.9 Å². The number of benzene rings is 2. The van der Waals surface area contributed by atoms with E-state index in [1.54, 1.807) is 19.1 Å². The van der Waals surface area contributed by atoms with Crippen molar-refractivity contribution in [3.05, 3.63) is 67.4 Å². The Bertz CT molecular complexity index is 1120. The molecule has 0 bridgehead atoms. The van der Waals surface area contributed by atoms with Crippen molar-refractivity contribution in [1.29, 1.82) is 0 Å². The van der Waals surface area contributed by atoms with Gasteiger partial charge in [-0.3, -0.25) is 10.1 Å². The van der Waals surface area contributed by atoms with E-state index in [1.807, 2.05) is 6.07 Å². The second-order valence-electron chi connectivity index (χ2n) is 5.77. The van der Waals surface area contributed by atoms with Crippen LogP contribution < -0.4 is 0 Å². The Morgan fingerprint density at radius 1 is 1.24 bits per heavy atom. The Balaban J connectivity index is 1.85. The van der Waals surface area contributed by atoms with Crippen LogP contribution >= 0.6 is 35.0 Å². The van der Waals surface area contributed by atoms with Gasteiger partial charge < -0.3 is 10.2 Å². The minimum Gasteiger partial charge on any atom is -0.507 e. The van der Waals surface area contributed by atoms with Crippen LogP contribution in [-0.4, -0.2) is 36.2 Å². The van der Waals surface area contributed by atoms with Gasteiger partial charge in [0.15, 0.2) is 11.6 Å². The monoisotopic (exact) mass is 453 g/mol. The van der Waals surface area contributed by atoms with Gasteiger partial charge in [-0.05, 0) is 24.6 Å². The summed E-state index contributed by atoms with van der Waals surface area (Å²) in [5, 5.41) is 44.2. The zero-order chi connectivity index (χ0) is 21.1. The fourth-order valence-corrected chi connectivity index (χ4v) is 3.78. The Kier molecular flexibility index (Phi) is 6.26. The van der Waals surface area contributed by atoms with E-state index in [-0.39, 0.29) is 11.3 Å². The SMILES string of the molecule is Cc1nnc(SCc2ccc(Cl)cc2Cl)n1/N=C/c1cc([N+](=O)[O-])c(O)cc1O. The molecule has 0 aliphatic carbocycles. The summed E-state index contributed by atoms with van der Waals surface area (Å²) < 4.78 is 1.42. The number of halogens is 2. The smallest absolute Gasteiger partial charge is 0.311 e. The van der Waals surface area contributed by atoms with Crippen LogP contribution in [0.15, 0.2) is 40.6 Å². The summed E-state index contributed by atoms with van der Waals surface area (Å²) in [5.74, 6) is -0.0378. The highest BCUT2D eigenvalue weighted by atomic mass is 35.5. The highest BCUT2D eigenvalue weighted by Gasteiger charge is 2.17. The van der Waals surface area contributed by atoms with Gasteiger partial charge in [-0.15, -0.1) is 10.2 Å². The number of hydrogen-bond donors (Lipinski definition) is 2. The van der Waals surface area contributed by atoms with Gasteiger partial charge >= 0.3 is 5.69 Å². The van der Waals surface area contributed by atoms with Crippen molar-refractivity contribution in [2.45, 2.75) is 17.8 Å². The van der Waals surface area contributed by atoms with Gasteiger partial charge in [-0.2, -0.15) is 9.78 Å². The van der Waals surface area contributed by atoms with E-state index in [0.717, 1.165) is 17.7 Å². The summed E-state index contributed by atoms with van der Waals surface area (Å²) in [7, 11) is 0. The first-order valence-corrected chi connectivity index (χ1v) is 9.74. The molecule has 29 heavy (non-hydrogen) atoms. The van der Waals surface area contributed by atoms with Crippen molar-refractivity contribution < 1.29 is 15.1 Å². The minimum atomic E-state index is -0.757. The van der Waals surface area contributed by atoms with Crippen LogP contribution in [0.1, 0.15) is 17.0 Å². The largest absolute Gasteiger partial charge is 0.507 e. The van der Waals surface area contributed by atoms with Crippen LogP contribution in [0.2, 0.25) is 10.0 Å². The number of aromatic nitrogens is 3. The molecular formula is C17H13Cl2N5O4S. The summed E-state index contributed by atoms with van der Waals surface area (Å²) in [6.07, 6.45) is 1.22. The first kappa shape index (κ1) is 20.9. The lowest BCUT2D eigenvalue weighted by molar-refractivity contribution is -0.385. The molecule has 0 atom stereocenters. The first-order valence-electron chi connectivity index (χ1n) is 7.99. The molecule has 3 rings (SSSR count). The molecule has 150 valence electrons. The van der Waals surface area contributed by atoms with E-state index >= 15 is 0 Å². The maximum atomic E-state index is 11.0. The molecule has 0 aliphatic heterocycles. The molecule has 0 saturated heterocycles. The molecule has 1 heterocycles. The lowest BCUT2D eigenvalue weighted by Crippen LogP contribution is -1.98. The quantitative estimate of drug-likeness (QED) is 0.245. The number of phenols is 2. The fourth-order valence-electron chi connectivity index (χ4n) is 2.29. The highest BCUT2D eigenvalue weighted by molar-refractivity contribution is 7.98. The average Bonchev–Trinajstić information content (AvgIpc) is 3.00. The maximum Gasteiger partial charge on any atom is 0.311 e. The molecule has 2 aromatic carbocycles. The van der Waals surface area contributed by atoms with Crippen molar-refractivity contribution in [3.63, 3.8) is 0 Å². The van der Waals surface area contributed by atoms with Gasteiger partial charge in [0.1, 0.15) is 5.75 Å². The molecule has 12 heteroatoms. The second kappa shape index (κ2) is 8.68. The van der Waals surface area contributed by atoms with E-state index in [4.69, 9.17) is 23.2 Å². The molecule has 0 unspecified atom stereocenters. The summed E-state index contributed by atoms with van der Waals surface area (Å²) >= 11 is 13.4. The molecule has 0 spiro atoms. The van der Waals surface area contributed by atoms with Crippen molar-refractivity contribution in [2.24, 2.45) is 5.10 Å². The molecule has 3 aromatic rings. The van der Waals surface area contributed by atoms with Crippen LogP contribution in [0.5, 0.6) is 11.5 Å². The zero-order valence-electron chi connectivity index (χ0n) is 14.8. The van der Waals surface area contributed by atoms with Crippen LogP contribution in [-0.2, 0) is 5.75 Å². The molecule has 9 nitrogen and oxygen atoms in total. The fraction of sp³-hybridized carbons (Fsp3) is 0.118. The summed E-state index contributed by atoms with van der Waals surface area (Å²) in [6.45, 7) is 1.68. The Labute approximate surface area is 178 Å². The van der Waals surface area contributed by atoms with E-state index in [1.165, 1.54) is 22.7 Å². The average molecular weight is 454 g/mol. The number of nitrogens with zero attached hydrogens (tertiary/aromatic N) is 5. The summed E-state index contributed by atoms with van der Waals surface area (Å²) in [6, 6.07) is 7.10. The number of phenolic OH excluding ortho intramolecular Hbond substituents is 2. The summed E-state index contributed by atoms with van der Waals surface area (Å²) in [5.41, 5.74) is 0.361. The number of thioether (sulfide) groups is 1. The van der Waals surface area contributed by atoms with Crippen LogP contribution in [0, 0.1) is 17.0 Å². The van der Waals surface area contributed by atoms with Gasteiger partial charge in [-0.25, -0.2) is 0 Å². The molecule has 0 saturated carbocycles. The van der Waals surface area contributed by atoms with Crippen molar-refractivity contribution in [3.8, 4) is 11.5 Å². The van der Waals surface area contributed by atoms with E-state index in [2.05, 4.69) is 15.3 Å². The standard InChI is InChI=1S/C17H13Cl2N5O4S/c1-9-21-22-17(29-8-10-2-3-12(18)5-13(10)19)23(9)20-7-11-4-14(24(27)28)16(26)6-15(11)25/h2-7,25-26H,8H2,1H3/b20-7+. The van der Waals surface area contributed by atoms with E-state index < -0.39 is 16.4 Å². The predicted octanol–water partition coefficient (Wildman–Crippen LogP) is 4.39.